The molecule has 1 saturated heterocycles. The van der Waals surface area contributed by atoms with Crippen molar-refractivity contribution < 1.29 is 32.3 Å². The number of ether oxygens (including phenoxy) is 1. The molecule has 4 rings (SSSR count). The lowest BCUT2D eigenvalue weighted by atomic mass is 10.1. The zero-order valence-electron chi connectivity index (χ0n) is 22.0. The van der Waals surface area contributed by atoms with E-state index in [9.17, 15) is 27.6 Å². The topological polar surface area (TPSA) is 139 Å². The van der Waals surface area contributed by atoms with Gasteiger partial charge < -0.3 is 15.4 Å². The first kappa shape index (κ1) is 29.2. The highest BCUT2D eigenvalue weighted by Gasteiger charge is 2.44. The van der Waals surface area contributed by atoms with Gasteiger partial charge in [0.1, 0.15) is 6.04 Å². The number of carbonyl (C=O) groups is 4. The summed E-state index contributed by atoms with van der Waals surface area (Å²) in [5, 5.41) is 6.18. The van der Waals surface area contributed by atoms with Gasteiger partial charge in [0.25, 0.3) is 0 Å². The average Bonchev–Trinajstić information content (AvgIpc) is 3.36. The lowest BCUT2D eigenvalue weighted by Crippen LogP contribution is -2.47. The molecule has 3 aromatic rings. The second-order valence-corrected chi connectivity index (χ2v) is 12.5. The Morgan fingerprint density at radius 1 is 1.00 bits per heavy atom. The molecule has 1 fully saturated rings. The summed E-state index contributed by atoms with van der Waals surface area (Å²) in [4.78, 5) is 49.2. The number of benzene rings is 3. The molecular weight excluding hydrogens is 554 g/mol. The van der Waals surface area contributed by atoms with Gasteiger partial charge in [-0.2, -0.15) is 4.31 Å². The minimum absolute atomic E-state index is 0.0174. The zero-order chi connectivity index (χ0) is 28.9. The quantitative estimate of drug-likeness (QED) is 0.366. The first-order valence-electron chi connectivity index (χ1n) is 12.6. The summed E-state index contributed by atoms with van der Waals surface area (Å²) >= 11 is 0.996. The Labute approximate surface area is 236 Å². The van der Waals surface area contributed by atoms with Crippen LogP contribution in [-0.4, -0.2) is 66.6 Å². The molecule has 1 aliphatic heterocycles. The van der Waals surface area contributed by atoms with Gasteiger partial charge in [-0.15, -0.1) is 0 Å². The molecule has 3 aromatic carbocycles. The highest BCUT2D eigenvalue weighted by Crippen LogP contribution is 2.33. The van der Waals surface area contributed by atoms with Gasteiger partial charge in [0.2, 0.25) is 21.8 Å². The van der Waals surface area contributed by atoms with E-state index < -0.39 is 45.6 Å². The molecule has 0 spiro atoms. The van der Waals surface area contributed by atoms with Crippen molar-refractivity contribution in [3.63, 3.8) is 0 Å². The van der Waals surface area contributed by atoms with E-state index in [4.69, 9.17) is 4.74 Å². The Balaban J connectivity index is 1.45. The van der Waals surface area contributed by atoms with Crippen molar-refractivity contribution >= 4 is 61.1 Å². The van der Waals surface area contributed by atoms with Gasteiger partial charge >= 0.3 is 5.97 Å². The van der Waals surface area contributed by atoms with E-state index in [0.717, 1.165) is 26.8 Å². The van der Waals surface area contributed by atoms with Gasteiger partial charge in [0, 0.05) is 24.4 Å². The van der Waals surface area contributed by atoms with Crippen LogP contribution in [0.15, 0.2) is 71.6 Å². The zero-order valence-corrected chi connectivity index (χ0v) is 23.6. The molecule has 2 amide bonds. The monoisotopic (exact) mass is 583 g/mol. The van der Waals surface area contributed by atoms with Gasteiger partial charge in [-0.25, -0.2) is 13.2 Å². The van der Waals surface area contributed by atoms with Crippen LogP contribution in [0.1, 0.15) is 30.6 Å². The molecule has 40 heavy (non-hydrogen) atoms. The number of hydrogen-bond acceptors (Lipinski definition) is 8. The summed E-state index contributed by atoms with van der Waals surface area (Å²) in [5.74, 6) is -1.65. The smallest absolute Gasteiger partial charge is 0.338 e. The Bertz CT molecular complexity index is 1540. The molecule has 0 aliphatic carbocycles. The number of nitrogens with zero attached hydrogens (tertiary/aromatic N) is 1. The van der Waals surface area contributed by atoms with Crippen LogP contribution in [0.4, 0.5) is 5.69 Å². The summed E-state index contributed by atoms with van der Waals surface area (Å²) in [5.41, 5.74) is 0.742. The molecule has 0 unspecified atom stereocenters. The van der Waals surface area contributed by atoms with Crippen LogP contribution in [-0.2, 0) is 29.1 Å². The Morgan fingerprint density at radius 3 is 2.38 bits per heavy atom. The Morgan fingerprint density at radius 2 is 1.70 bits per heavy atom. The van der Waals surface area contributed by atoms with Gasteiger partial charge in [-0.05, 0) is 60.5 Å². The van der Waals surface area contributed by atoms with Gasteiger partial charge in [0.15, 0.2) is 5.12 Å². The average molecular weight is 584 g/mol. The van der Waals surface area contributed by atoms with Crippen molar-refractivity contribution in [2.24, 2.45) is 0 Å². The number of amides is 2. The van der Waals surface area contributed by atoms with Crippen LogP contribution < -0.4 is 10.6 Å². The van der Waals surface area contributed by atoms with Crippen LogP contribution >= 0.6 is 11.8 Å². The molecule has 1 aliphatic rings. The van der Waals surface area contributed by atoms with Crippen LogP contribution in [0.3, 0.4) is 0 Å². The molecule has 0 aromatic heterocycles. The van der Waals surface area contributed by atoms with Crippen molar-refractivity contribution in [2.45, 2.75) is 36.5 Å². The maximum atomic E-state index is 13.7. The van der Waals surface area contributed by atoms with E-state index in [1.807, 2.05) is 18.2 Å². The van der Waals surface area contributed by atoms with Crippen molar-refractivity contribution in [1.82, 2.24) is 9.62 Å². The Hall–Kier alpha value is -3.74. The predicted octanol–water partition coefficient (Wildman–Crippen LogP) is 3.18. The molecule has 1 heterocycles. The largest absolute Gasteiger partial charge is 0.462 e. The number of hydrogen-bond donors (Lipinski definition) is 2. The summed E-state index contributed by atoms with van der Waals surface area (Å²) in [6, 6.07) is 17.1. The molecule has 2 N–H and O–H groups in total. The van der Waals surface area contributed by atoms with E-state index in [1.165, 1.54) is 37.3 Å². The maximum Gasteiger partial charge on any atom is 0.338 e. The lowest BCUT2D eigenvalue weighted by Gasteiger charge is -2.23. The molecule has 0 radical (unpaired) electrons. The summed E-state index contributed by atoms with van der Waals surface area (Å²) in [7, 11) is -4.09. The Kier molecular flexibility index (Phi) is 9.23. The number of nitrogens with one attached hydrogen (secondary N) is 2. The first-order chi connectivity index (χ1) is 19.1. The third-order valence-electron chi connectivity index (χ3n) is 6.28. The number of thioether (sulfide) groups is 1. The first-order valence-corrected chi connectivity index (χ1v) is 14.9. The fraction of sp³-hybridized carbons (Fsp3) is 0.286. The molecule has 0 bridgehead atoms. The van der Waals surface area contributed by atoms with Crippen LogP contribution in [0.2, 0.25) is 0 Å². The van der Waals surface area contributed by atoms with Crippen molar-refractivity contribution in [2.75, 3.05) is 25.0 Å². The molecule has 12 heteroatoms. The van der Waals surface area contributed by atoms with E-state index in [0.29, 0.717) is 11.3 Å². The highest BCUT2D eigenvalue weighted by atomic mass is 32.2. The highest BCUT2D eigenvalue weighted by molar-refractivity contribution is 8.14. The van der Waals surface area contributed by atoms with Crippen LogP contribution in [0, 0.1) is 0 Å². The SMILES string of the molecule is CCOC(=O)c1ccc(NC(=O)CNC(=O)[C@@H]2C[C@@H](SC(C)=O)CN2S(=O)(=O)c2ccc3ccccc3c2)cc1. The molecular formula is C28H29N3O7S2. The number of fused-ring (bicyclic) bond motifs is 1. The molecule has 2 atom stereocenters. The number of anilines is 1. The third kappa shape index (κ3) is 6.87. The number of rotatable bonds is 9. The third-order valence-corrected chi connectivity index (χ3v) is 9.16. The van der Waals surface area contributed by atoms with Crippen molar-refractivity contribution in [1.29, 1.82) is 0 Å². The summed E-state index contributed by atoms with van der Waals surface area (Å²) in [6.07, 6.45) is 0.125. The fourth-order valence-corrected chi connectivity index (χ4v) is 7.21. The van der Waals surface area contributed by atoms with Crippen molar-refractivity contribution in [3.8, 4) is 0 Å². The maximum absolute atomic E-state index is 13.7. The minimum atomic E-state index is -4.09. The van der Waals surface area contributed by atoms with E-state index in [1.54, 1.807) is 25.1 Å². The number of sulfonamides is 1. The minimum Gasteiger partial charge on any atom is -0.462 e. The van der Waals surface area contributed by atoms with E-state index in [-0.39, 0.29) is 29.6 Å². The van der Waals surface area contributed by atoms with Crippen molar-refractivity contribution in [3.05, 3.63) is 72.3 Å². The number of esters is 1. The fourth-order valence-electron chi connectivity index (χ4n) is 4.45. The van der Waals surface area contributed by atoms with E-state index >= 15 is 0 Å². The second-order valence-electron chi connectivity index (χ2n) is 9.13. The second kappa shape index (κ2) is 12.6. The standard InChI is InChI=1S/C28H29N3O7S2/c1-3-38-28(35)20-8-11-22(12-9-20)30-26(33)16-29-27(34)25-15-23(39-18(2)32)17-31(25)40(36,37)24-13-10-19-6-4-5-7-21(19)14-24/h4-14,23,25H,3,15-17H2,1-2H3,(H,29,34)(H,30,33)/t23-,25+/m1/s1. The molecule has 10 nitrogen and oxygen atoms in total. The van der Waals surface area contributed by atoms with Gasteiger partial charge in [-0.1, -0.05) is 42.1 Å². The lowest BCUT2D eigenvalue weighted by molar-refractivity contribution is -0.126. The van der Waals surface area contributed by atoms with Gasteiger partial charge in [0.05, 0.1) is 23.6 Å². The van der Waals surface area contributed by atoms with Crippen LogP contribution in [0.25, 0.3) is 10.8 Å². The van der Waals surface area contributed by atoms with Gasteiger partial charge in [-0.3, -0.25) is 14.4 Å². The normalized spacial score (nSPS) is 17.4. The van der Waals surface area contributed by atoms with Crippen LogP contribution in [0.5, 0.6) is 0 Å². The number of carbonyl (C=O) groups excluding carboxylic acids is 4. The molecule has 210 valence electrons. The summed E-state index contributed by atoms with van der Waals surface area (Å²) in [6.45, 7) is 2.92. The predicted molar refractivity (Wildman–Crippen MR) is 152 cm³/mol. The van der Waals surface area contributed by atoms with E-state index in [2.05, 4.69) is 10.6 Å². The molecule has 0 saturated carbocycles. The summed E-state index contributed by atoms with van der Waals surface area (Å²) < 4.78 is 33.4.